The Morgan fingerprint density at radius 1 is 1.24 bits per heavy atom. The molecular weight excluding hydrogens is 326 g/mol. The van der Waals surface area contributed by atoms with Gasteiger partial charge in [0.15, 0.2) is 6.10 Å². The quantitative estimate of drug-likeness (QED) is 0.872. The molecule has 2 aliphatic heterocycles. The number of piperazine rings is 1. The molecule has 1 N–H and O–H groups in total. The molecule has 1 unspecified atom stereocenters. The zero-order valence-electron chi connectivity index (χ0n) is 14.3. The number of carbonyl (C=O) groups is 3. The number of anilines is 1. The van der Waals surface area contributed by atoms with Crippen molar-refractivity contribution in [3.05, 3.63) is 23.8 Å². The highest BCUT2D eigenvalue weighted by Gasteiger charge is 2.28. The van der Waals surface area contributed by atoms with E-state index in [-0.39, 0.29) is 17.9 Å². The SMILES string of the molecule is CCOC(=O)N1CCN(C(=O)c2ccc3c(c2)OC(C)C(=O)N3)CC1. The van der Waals surface area contributed by atoms with E-state index in [2.05, 4.69) is 5.32 Å². The van der Waals surface area contributed by atoms with Gasteiger partial charge in [-0.2, -0.15) is 0 Å². The van der Waals surface area contributed by atoms with Gasteiger partial charge >= 0.3 is 6.09 Å². The van der Waals surface area contributed by atoms with Crippen LogP contribution in [0.3, 0.4) is 0 Å². The van der Waals surface area contributed by atoms with Gasteiger partial charge in [0.2, 0.25) is 0 Å². The Morgan fingerprint density at radius 3 is 2.60 bits per heavy atom. The van der Waals surface area contributed by atoms with Crippen molar-refractivity contribution in [1.82, 2.24) is 9.80 Å². The third-order valence-electron chi connectivity index (χ3n) is 4.25. The van der Waals surface area contributed by atoms with E-state index >= 15 is 0 Å². The number of nitrogens with one attached hydrogen (secondary N) is 1. The Hall–Kier alpha value is -2.77. The van der Waals surface area contributed by atoms with Crippen molar-refractivity contribution in [2.45, 2.75) is 20.0 Å². The predicted molar refractivity (Wildman–Crippen MR) is 89.7 cm³/mol. The summed E-state index contributed by atoms with van der Waals surface area (Å²) in [5.74, 6) is 0.157. The number of hydrogen-bond acceptors (Lipinski definition) is 5. The van der Waals surface area contributed by atoms with Gasteiger partial charge in [-0.25, -0.2) is 4.79 Å². The summed E-state index contributed by atoms with van der Waals surface area (Å²) in [7, 11) is 0. The molecular formula is C17H21N3O5. The van der Waals surface area contributed by atoms with Gasteiger partial charge in [0, 0.05) is 31.7 Å². The number of rotatable bonds is 2. The monoisotopic (exact) mass is 347 g/mol. The van der Waals surface area contributed by atoms with Gasteiger partial charge in [-0.1, -0.05) is 0 Å². The maximum Gasteiger partial charge on any atom is 0.409 e. The lowest BCUT2D eigenvalue weighted by atomic mass is 10.1. The largest absolute Gasteiger partial charge is 0.479 e. The first-order chi connectivity index (χ1) is 12.0. The van der Waals surface area contributed by atoms with Crippen molar-refractivity contribution < 1.29 is 23.9 Å². The van der Waals surface area contributed by atoms with E-state index in [0.717, 1.165) is 0 Å². The van der Waals surface area contributed by atoms with Crippen molar-refractivity contribution in [3.63, 3.8) is 0 Å². The average molecular weight is 347 g/mol. The molecule has 1 atom stereocenters. The van der Waals surface area contributed by atoms with Crippen LogP contribution in [0.1, 0.15) is 24.2 Å². The van der Waals surface area contributed by atoms with Crippen LogP contribution in [0.4, 0.5) is 10.5 Å². The second-order valence-electron chi connectivity index (χ2n) is 5.94. The summed E-state index contributed by atoms with van der Waals surface area (Å²) in [5.41, 5.74) is 1.05. The summed E-state index contributed by atoms with van der Waals surface area (Å²) in [6.45, 7) is 5.53. The van der Waals surface area contributed by atoms with E-state index in [1.54, 1.807) is 41.8 Å². The predicted octanol–water partition coefficient (Wildman–Crippen LogP) is 1.32. The van der Waals surface area contributed by atoms with Gasteiger partial charge in [0.1, 0.15) is 5.75 Å². The van der Waals surface area contributed by atoms with Gasteiger partial charge in [-0.3, -0.25) is 9.59 Å². The Morgan fingerprint density at radius 2 is 1.92 bits per heavy atom. The lowest BCUT2D eigenvalue weighted by molar-refractivity contribution is -0.122. The molecule has 1 fully saturated rings. The van der Waals surface area contributed by atoms with Crippen molar-refractivity contribution in [3.8, 4) is 5.75 Å². The summed E-state index contributed by atoms with van der Waals surface area (Å²) in [6.07, 6.45) is -0.938. The molecule has 0 aliphatic carbocycles. The maximum absolute atomic E-state index is 12.7. The summed E-state index contributed by atoms with van der Waals surface area (Å²) in [5, 5.41) is 2.74. The molecule has 1 aromatic rings. The molecule has 0 bridgehead atoms. The highest BCUT2D eigenvalue weighted by Crippen LogP contribution is 2.31. The first-order valence-corrected chi connectivity index (χ1v) is 8.32. The first-order valence-electron chi connectivity index (χ1n) is 8.32. The van der Waals surface area contributed by atoms with E-state index in [4.69, 9.17) is 9.47 Å². The van der Waals surface area contributed by atoms with Crippen LogP contribution in [0.5, 0.6) is 5.75 Å². The highest BCUT2D eigenvalue weighted by molar-refractivity contribution is 6.00. The second kappa shape index (κ2) is 7.00. The smallest absolute Gasteiger partial charge is 0.409 e. The van der Waals surface area contributed by atoms with Crippen LogP contribution in [0.25, 0.3) is 0 Å². The molecule has 2 heterocycles. The Kier molecular flexibility index (Phi) is 4.78. The van der Waals surface area contributed by atoms with Crippen LogP contribution >= 0.6 is 0 Å². The number of nitrogens with zero attached hydrogens (tertiary/aromatic N) is 2. The fourth-order valence-electron chi connectivity index (χ4n) is 2.82. The Balaban J connectivity index is 1.66. The average Bonchev–Trinajstić information content (AvgIpc) is 2.62. The van der Waals surface area contributed by atoms with Crippen molar-refractivity contribution in [1.29, 1.82) is 0 Å². The number of benzene rings is 1. The molecule has 8 nitrogen and oxygen atoms in total. The van der Waals surface area contributed by atoms with Gasteiger partial charge in [0.25, 0.3) is 11.8 Å². The van der Waals surface area contributed by atoms with Crippen LogP contribution in [0.15, 0.2) is 18.2 Å². The van der Waals surface area contributed by atoms with Crippen molar-refractivity contribution in [2.75, 3.05) is 38.1 Å². The number of hydrogen-bond donors (Lipinski definition) is 1. The third kappa shape index (κ3) is 3.52. The van der Waals surface area contributed by atoms with E-state index in [9.17, 15) is 14.4 Å². The topological polar surface area (TPSA) is 88.2 Å². The fourth-order valence-corrected chi connectivity index (χ4v) is 2.82. The normalized spacial score (nSPS) is 19.6. The van der Waals surface area contributed by atoms with Crippen LogP contribution < -0.4 is 10.1 Å². The minimum absolute atomic E-state index is 0.125. The van der Waals surface area contributed by atoms with Crippen molar-refractivity contribution >= 4 is 23.6 Å². The standard InChI is InChI=1S/C17H21N3O5/c1-3-24-17(23)20-8-6-19(7-9-20)16(22)12-4-5-13-14(10-12)25-11(2)15(21)18-13/h4-5,10-11H,3,6-9H2,1-2H3,(H,18,21). The van der Waals surface area contributed by atoms with E-state index < -0.39 is 6.10 Å². The minimum Gasteiger partial charge on any atom is -0.479 e. The molecule has 1 saturated heterocycles. The molecule has 3 rings (SSSR count). The zero-order valence-corrected chi connectivity index (χ0v) is 14.3. The minimum atomic E-state index is -0.592. The summed E-state index contributed by atoms with van der Waals surface area (Å²) < 4.78 is 10.5. The van der Waals surface area contributed by atoms with Crippen LogP contribution in [0, 0.1) is 0 Å². The van der Waals surface area contributed by atoms with Crippen LogP contribution in [-0.2, 0) is 9.53 Å². The zero-order chi connectivity index (χ0) is 18.0. The maximum atomic E-state index is 12.7. The lowest BCUT2D eigenvalue weighted by Gasteiger charge is -2.34. The molecule has 8 heteroatoms. The number of carbonyl (C=O) groups excluding carboxylic acids is 3. The third-order valence-corrected chi connectivity index (χ3v) is 4.25. The van der Waals surface area contributed by atoms with E-state index in [0.29, 0.717) is 49.8 Å². The van der Waals surface area contributed by atoms with E-state index in [1.807, 2.05) is 0 Å². The summed E-state index contributed by atoms with van der Waals surface area (Å²) in [6, 6.07) is 4.98. The Bertz CT molecular complexity index is 698. The summed E-state index contributed by atoms with van der Waals surface area (Å²) >= 11 is 0. The number of amides is 3. The molecule has 25 heavy (non-hydrogen) atoms. The van der Waals surface area contributed by atoms with Gasteiger partial charge in [-0.05, 0) is 32.0 Å². The van der Waals surface area contributed by atoms with Gasteiger partial charge in [0.05, 0.1) is 12.3 Å². The van der Waals surface area contributed by atoms with Crippen LogP contribution in [0.2, 0.25) is 0 Å². The van der Waals surface area contributed by atoms with Crippen LogP contribution in [-0.4, -0.2) is 66.6 Å². The van der Waals surface area contributed by atoms with Gasteiger partial charge < -0.3 is 24.6 Å². The summed E-state index contributed by atoms with van der Waals surface area (Å²) in [4.78, 5) is 39.3. The highest BCUT2D eigenvalue weighted by atomic mass is 16.6. The second-order valence-corrected chi connectivity index (χ2v) is 5.94. The lowest BCUT2D eigenvalue weighted by Crippen LogP contribution is -2.50. The molecule has 1 aromatic carbocycles. The molecule has 0 saturated carbocycles. The number of ether oxygens (including phenoxy) is 2. The fraction of sp³-hybridized carbons (Fsp3) is 0.471. The molecule has 0 spiro atoms. The first kappa shape index (κ1) is 17.1. The molecule has 0 radical (unpaired) electrons. The molecule has 2 aliphatic rings. The number of fused-ring (bicyclic) bond motifs is 1. The molecule has 134 valence electrons. The van der Waals surface area contributed by atoms with E-state index in [1.165, 1.54) is 0 Å². The molecule has 3 amide bonds. The van der Waals surface area contributed by atoms with Gasteiger partial charge in [-0.15, -0.1) is 0 Å². The molecule has 0 aromatic heterocycles. The Labute approximate surface area is 145 Å². The van der Waals surface area contributed by atoms with Crippen molar-refractivity contribution in [2.24, 2.45) is 0 Å².